The highest BCUT2D eigenvalue weighted by atomic mass is 35.5. The molecule has 4 rings (SSSR count). The quantitative estimate of drug-likeness (QED) is 0.696. The van der Waals surface area contributed by atoms with Crippen LogP contribution in [0.15, 0.2) is 24.7 Å². The molecule has 0 radical (unpaired) electrons. The highest BCUT2D eigenvalue weighted by molar-refractivity contribution is 6.33. The molecule has 2 aromatic rings. The zero-order valence-electron chi connectivity index (χ0n) is 17.4. The molecule has 1 saturated carbocycles. The maximum atomic E-state index is 9.61. The smallest absolute Gasteiger partial charge is 0.232 e. The summed E-state index contributed by atoms with van der Waals surface area (Å²) in [7, 11) is 0. The number of pyridine rings is 1. The van der Waals surface area contributed by atoms with E-state index in [0.717, 1.165) is 37.1 Å². The maximum Gasteiger partial charge on any atom is 0.232 e. The average molecular weight is 443 g/mol. The third-order valence-electron chi connectivity index (χ3n) is 6.05. The Morgan fingerprint density at radius 2 is 2.00 bits per heavy atom. The summed E-state index contributed by atoms with van der Waals surface area (Å²) in [4.78, 5) is 13.2. The van der Waals surface area contributed by atoms with Gasteiger partial charge in [0.15, 0.2) is 0 Å². The summed E-state index contributed by atoms with van der Waals surface area (Å²) in [5.41, 5.74) is 6.77. The van der Waals surface area contributed by atoms with Gasteiger partial charge in [-0.25, -0.2) is 9.97 Å². The fourth-order valence-corrected chi connectivity index (χ4v) is 4.20. The first kappa shape index (κ1) is 21.8. The number of ether oxygens (including phenoxy) is 2. The SMILES string of the molecule is N#CC1(COc2cncc(-c3cc(N[C@H]4CC[C@H](N)CC4)ncc3Cl)n2)CCOCC1. The molecule has 0 spiro atoms. The molecule has 1 aliphatic carbocycles. The predicted molar refractivity (Wildman–Crippen MR) is 118 cm³/mol. The number of nitrogens with one attached hydrogen (secondary N) is 1. The van der Waals surface area contributed by atoms with E-state index in [1.807, 2.05) is 6.07 Å². The van der Waals surface area contributed by atoms with E-state index < -0.39 is 5.41 Å². The van der Waals surface area contributed by atoms with Crippen LogP contribution in [0.3, 0.4) is 0 Å². The van der Waals surface area contributed by atoms with Gasteiger partial charge in [0, 0.05) is 37.1 Å². The van der Waals surface area contributed by atoms with E-state index in [1.54, 1.807) is 18.6 Å². The number of nitrogens with zero attached hydrogens (tertiary/aromatic N) is 4. The summed E-state index contributed by atoms with van der Waals surface area (Å²) in [6.45, 7) is 1.39. The van der Waals surface area contributed by atoms with Crippen molar-refractivity contribution in [1.82, 2.24) is 15.0 Å². The van der Waals surface area contributed by atoms with Gasteiger partial charge in [-0.15, -0.1) is 0 Å². The van der Waals surface area contributed by atoms with Crippen LogP contribution in [0.5, 0.6) is 5.88 Å². The second-order valence-electron chi connectivity index (χ2n) is 8.34. The summed E-state index contributed by atoms with van der Waals surface area (Å²) in [5.74, 6) is 1.11. The first-order chi connectivity index (χ1) is 15.1. The Bertz CT molecular complexity index is 936. The largest absolute Gasteiger partial charge is 0.475 e. The van der Waals surface area contributed by atoms with Crippen LogP contribution in [-0.4, -0.2) is 46.9 Å². The lowest BCUT2D eigenvalue weighted by Crippen LogP contribution is -2.34. The van der Waals surface area contributed by atoms with E-state index in [-0.39, 0.29) is 6.61 Å². The van der Waals surface area contributed by atoms with Crippen LogP contribution in [0.4, 0.5) is 5.82 Å². The number of halogens is 1. The van der Waals surface area contributed by atoms with Gasteiger partial charge in [0.1, 0.15) is 12.4 Å². The molecule has 164 valence electrons. The molecule has 3 heterocycles. The number of rotatable bonds is 6. The van der Waals surface area contributed by atoms with Crippen molar-refractivity contribution in [2.45, 2.75) is 50.6 Å². The van der Waals surface area contributed by atoms with Crippen molar-refractivity contribution in [1.29, 1.82) is 5.26 Å². The Labute approximate surface area is 187 Å². The molecule has 1 saturated heterocycles. The van der Waals surface area contributed by atoms with Crippen molar-refractivity contribution in [2.24, 2.45) is 11.1 Å². The Kier molecular flexibility index (Phi) is 6.86. The van der Waals surface area contributed by atoms with Crippen molar-refractivity contribution < 1.29 is 9.47 Å². The standard InChI is InChI=1S/C22H27ClN6O2/c23-18-10-27-20(28-16-3-1-15(25)2-4-16)9-17(18)19-11-26-12-21(29-19)31-14-22(13-24)5-7-30-8-6-22/h9-12,15-16H,1-8,14,25H2,(H,27,28)/t15-,16-. The van der Waals surface area contributed by atoms with Gasteiger partial charge in [-0.05, 0) is 44.6 Å². The van der Waals surface area contributed by atoms with Gasteiger partial charge in [-0.2, -0.15) is 5.26 Å². The molecule has 0 atom stereocenters. The van der Waals surface area contributed by atoms with Crippen LogP contribution < -0.4 is 15.8 Å². The number of hydrogen-bond donors (Lipinski definition) is 2. The molecule has 2 fully saturated rings. The number of nitrogens with two attached hydrogens (primary N) is 1. The summed E-state index contributed by atoms with van der Waals surface area (Å²) in [5, 5.41) is 13.6. The van der Waals surface area contributed by atoms with Gasteiger partial charge in [-0.3, -0.25) is 4.98 Å². The second-order valence-corrected chi connectivity index (χ2v) is 8.75. The van der Waals surface area contributed by atoms with Crippen molar-refractivity contribution >= 4 is 17.4 Å². The fraction of sp³-hybridized carbons (Fsp3) is 0.545. The summed E-state index contributed by atoms with van der Waals surface area (Å²) < 4.78 is 11.2. The van der Waals surface area contributed by atoms with E-state index in [0.29, 0.717) is 54.7 Å². The van der Waals surface area contributed by atoms with Crippen LogP contribution in [0.2, 0.25) is 5.02 Å². The van der Waals surface area contributed by atoms with Crippen LogP contribution in [0.1, 0.15) is 38.5 Å². The van der Waals surface area contributed by atoms with Crippen molar-refractivity contribution in [3.8, 4) is 23.2 Å². The molecule has 0 unspecified atom stereocenters. The normalized spacial score (nSPS) is 23.0. The second kappa shape index (κ2) is 9.77. The molecular weight excluding hydrogens is 416 g/mol. The molecule has 2 aromatic heterocycles. The molecule has 3 N–H and O–H groups in total. The van der Waals surface area contributed by atoms with E-state index in [1.165, 1.54) is 0 Å². The number of anilines is 1. The molecule has 0 amide bonds. The zero-order chi connectivity index (χ0) is 21.7. The third-order valence-corrected chi connectivity index (χ3v) is 6.35. The Hall–Kier alpha value is -2.47. The minimum Gasteiger partial charge on any atom is -0.475 e. The first-order valence-electron chi connectivity index (χ1n) is 10.7. The van der Waals surface area contributed by atoms with Gasteiger partial charge in [0.05, 0.1) is 34.6 Å². The van der Waals surface area contributed by atoms with Gasteiger partial charge in [0.25, 0.3) is 0 Å². The van der Waals surface area contributed by atoms with Gasteiger partial charge < -0.3 is 20.5 Å². The van der Waals surface area contributed by atoms with Crippen molar-refractivity contribution in [3.05, 3.63) is 29.7 Å². The third kappa shape index (κ3) is 5.42. The monoisotopic (exact) mass is 442 g/mol. The maximum absolute atomic E-state index is 9.61. The minimum atomic E-state index is -0.552. The highest BCUT2D eigenvalue weighted by Gasteiger charge is 2.34. The highest BCUT2D eigenvalue weighted by Crippen LogP contribution is 2.32. The molecule has 1 aliphatic heterocycles. The van der Waals surface area contributed by atoms with Crippen LogP contribution >= 0.6 is 11.6 Å². The Morgan fingerprint density at radius 1 is 1.23 bits per heavy atom. The molecular formula is C22H27ClN6O2. The lowest BCUT2D eigenvalue weighted by atomic mass is 9.83. The van der Waals surface area contributed by atoms with Gasteiger partial charge >= 0.3 is 0 Å². The lowest BCUT2D eigenvalue weighted by molar-refractivity contribution is 0.0182. The topological polar surface area (TPSA) is 119 Å². The number of aromatic nitrogens is 3. The van der Waals surface area contributed by atoms with E-state index in [4.69, 9.17) is 26.8 Å². The van der Waals surface area contributed by atoms with Gasteiger partial charge in [0.2, 0.25) is 5.88 Å². The molecule has 9 heteroatoms. The van der Waals surface area contributed by atoms with Crippen LogP contribution in [0.25, 0.3) is 11.3 Å². The predicted octanol–water partition coefficient (Wildman–Crippen LogP) is 3.57. The molecule has 8 nitrogen and oxygen atoms in total. The minimum absolute atomic E-state index is 0.256. The van der Waals surface area contributed by atoms with E-state index >= 15 is 0 Å². The Balaban J connectivity index is 1.47. The van der Waals surface area contributed by atoms with Crippen LogP contribution in [-0.2, 0) is 4.74 Å². The van der Waals surface area contributed by atoms with Crippen molar-refractivity contribution in [2.75, 3.05) is 25.1 Å². The first-order valence-corrected chi connectivity index (χ1v) is 11.1. The Morgan fingerprint density at radius 3 is 2.74 bits per heavy atom. The number of hydrogen-bond acceptors (Lipinski definition) is 8. The van der Waals surface area contributed by atoms with E-state index in [9.17, 15) is 5.26 Å². The summed E-state index contributed by atoms with van der Waals surface area (Å²) in [6, 6.07) is 4.93. The molecule has 0 bridgehead atoms. The van der Waals surface area contributed by atoms with Gasteiger partial charge in [-0.1, -0.05) is 11.6 Å². The van der Waals surface area contributed by atoms with E-state index in [2.05, 4.69) is 26.3 Å². The number of nitriles is 1. The van der Waals surface area contributed by atoms with Crippen molar-refractivity contribution in [3.63, 3.8) is 0 Å². The molecule has 0 aromatic carbocycles. The average Bonchev–Trinajstić information content (AvgIpc) is 2.81. The fourth-order valence-electron chi connectivity index (χ4n) is 4.00. The lowest BCUT2D eigenvalue weighted by Gasteiger charge is -2.30. The van der Waals surface area contributed by atoms with Crippen LogP contribution in [0, 0.1) is 16.7 Å². The summed E-state index contributed by atoms with van der Waals surface area (Å²) >= 11 is 6.42. The summed E-state index contributed by atoms with van der Waals surface area (Å²) in [6.07, 6.45) is 10.2. The molecule has 2 aliphatic rings. The molecule has 31 heavy (non-hydrogen) atoms. The zero-order valence-corrected chi connectivity index (χ0v) is 18.1.